The summed E-state index contributed by atoms with van der Waals surface area (Å²) in [5.74, 6) is 0.645. The van der Waals surface area contributed by atoms with E-state index in [-0.39, 0.29) is 11.7 Å². The van der Waals surface area contributed by atoms with Crippen molar-refractivity contribution in [2.24, 2.45) is 0 Å². The van der Waals surface area contributed by atoms with Crippen molar-refractivity contribution in [3.8, 4) is 0 Å². The van der Waals surface area contributed by atoms with Crippen LogP contribution >= 0.6 is 0 Å². The Kier molecular flexibility index (Phi) is 4.79. The second kappa shape index (κ2) is 6.59. The van der Waals surface area contributed by atoms with Crippen molar-refractivity contribution >= 4 is 17.5 Å². The maximum absolute atomic E-state index is 12.7. The van der Waals surface area contributed by atoms with Crippen molar-refractivity contribution in [2.45, 2.75) is 32.5 Å². The maximum Gasteiger partial charge on any atom is 0.416 e. The minimum atomic E-state index is -4.38. The van der Waals surface area contributed by atoms with Gasteiger partial charge in [-0.3, -0.25) is 0 Å². The first kappa shape index (κ1) is 16.0. The molecule has 2 N–H and O–H groups in total. The van der Waals surface area contributed by atoms with Gasteiger partial charge in [0, 0.05) is 11.7 Å². The normalized spacial score (nSPS) is 12.8. The number of benzene rings is 1. The first-order valence-corrected chi connectivity index (χ1v) is 6.79. The quantitative estimate of drug-likeness (QED) is 0.878. The van der Waals surface area contributed by atoms with E-state index in [1.165, 1.54) is 18.3 Å². The molecule has 0 spiro atoms. The van der Waals surface area contributed by atoms with Crippen LogP contribution in [0.25, 0.3) is 0 Å². The number of halogens is 3. The molecule has 0 bridgehead atoms. The molecular weight excluding hydrogens is 295 g/mol. The molecule has 22 heavy (non-hydrogen) atoms. The van der Waals surface area contributed by atoms with Crippen molar-refractivity contribution in [3.05, 3.63) is 36.0 Å². The van der Waals surface area contributed by atoms with Crippen LogP contribution in [0.1, 0.15) is 25.8 Å². The third kappa shape index (κ3) is 4.31. The molecule has 2 rings (SSSR count). The average Bonchev–Trinajstić information content (AvgIpc) is 2.47. The van der Waals surface area contributed by atoms with Crippen LogP contribution in [0.2, 0.25) is 0 Å². The minimum Gasteiger partial charge on any atom is -0.350 e. The van der Waals surface area contributed by atoms with Gasteiger partial charge in [-0.1, -0.05) is 13.0 Å². The summed E-state index contributed by atoms with van der Waals surface area (Å²) in [6.45, 7) is 3.98. The van der Waals surface area contributed by atoms with E-state index in [0.717, 1.165) is 18.6 Å². The largest absolute Gasteiger partial charge is 0.416 e. The lowest BCUT2D eigenvalue weighted by Gasteiger charge is -2.12. The predicted octanol–water partition coefficient (Wildman–Crippen LogP) is 3.84. The highest BCUT2D eigenvalue weighted by atomic mass is 19.4. The van der Waals surface area contributed by atoms with Crippen LogP contribution in [-0.4, -0.2) is 21.2 Å². The average molecular weight is 311 g/mol. The highest BCUT2D eigenvalue weighted by molar-refractivity contribution is 5.57. The fraction of sp³-hybridized carbons (Fsp3) is 0.357. The molecule has 118 valence electrons. The van der Waals surface area contributed by atoms with Gasteiger partial charge >= 0.3 is 6.18 Å². The molecule has 0 aliphatic rings. The summed E-state index contributed by atoms with van der Waals surface area (Å²) >= 11 is 0. The first-order chi connectivity index (χ1) is 10.4. The smallest absolute Gasteiger partial charge is 0.350 e. The van der Waals surface area contributed by atoms with Crippen LogP contribution in [0.5, 0.6) is 0 Å². The SMILES string of the molecule is CCC(C)Nc1nncc(Nc2cccc(C(F)(F)F)c2)n1. The molecule has 0 fully saturated rings. The molecule has 8 heteroatoms. The Labute approximate surface area is 126 Å². The summed E-state index contributed by atoms with van der Waals surface area (Å²) < 4.78 is 38.0. The zero-order chi connectivity index (χ0) is 16.2. The van der Waals surface area contributed by atoms with Crippen LogP contribution < -0.4 is 10.6 Å². The summed E-state index contributed by atoms with van der Waals surface area (Å²) in [5.41, 5.74) is -0.442. The Hall–Kier alpha value is -2.38. The minimum absolute atomic E-state index is 0.172. The number of hydrogen-bond donors (Lipinski definition) is 2. The lowest BCUT2D eigenvalue weighted by Crippen LogP contribution is -2.16. The zero-order valence-electron chi connectivity index (χ0n) is 12.1. The van der Waals surface area contributed by atoms with E-state index in [4.69, 9.17) is 0 Å². The summed E-state index contributed by atoms with van der Waals surface area (Å²) in [6.07, 6.45) is -2.15. The summed E-state index contributed by atoms with van der Waals surface area (Å²) in [6, 6.07) is 5.06. The molecule has 0 saturated carbocycles. The Bertz CT molecular complexity index is 630. The Morgan fingerprint density at radius 1 is 1.27 bits per heavy atom. The Morgan fingerprint density at radius 3 is 2.73 bits per heavy atom. The summed E-state index contributed by atoms with van der Waals surface area (Å²) in [7, 11) is 0. The molecule has 0 amide bonds. The van der Waals surface area contributed by atoms with Crippen LogP contribution in [0, 0.1) is 0 Å². The van der Waals surface area contributed by atoms with Crippen molar-refractivity contribution in [1.82, 2.24) is 15.2 Å². The monoisotopic (exact) mass is 311 g/mol. The van der Waals surface area contributed by atoms with Crippen LogP contribution in [0.3, 0.4) is 0 Å². The van der Waals surface area contributed by atoms with Crippen LogP contribution in [0.4, 0.5) is 30.6 Å². The number of anilines is 3. The lowest BCUT2D eigenvalue weighted by atomic mass is 10.2. The van der Waals surface area contributed by atoms with Gasteiger partial charge in [0.25, 0.3) is 0 Å². The molecule has 1 aromatic heterocycles. The van der Waals surface area contributed by atoms with Gasteiger partial charge in [0.05, 0.1) is 11.8 Å². The third-order valence-corrected chi connectivity index (χ3v) is 3.01. The highest BCUT2D eigenvalue weighted by Crippen LogP contribution is 2.31. The van der Waals surface area contributed by atoms with Crippen LogP contribution in [0.15, 0.2) is 30.5 Å². The predicted molar refractivity (Wildman–Crippen MR) is 77.9 cm³/mol. The second-order valence-corrected chi connectivity index (χ2v) is 4.82. The van der Waals surface area contributed by atoms with E-state index >= 15 is 0 Å². The molecule has 1 atom stereocenters. The number of alkyl halides is 3. The molecule has 0 aliphatic carbocycles. The fourth-order valence-corrected chi connectivity index (χ4v) is 1.67. The lowest BCUT2D eigenvalue weighted by molar-refractivity contribution is -0.137. The van der Waals surface area contributed by atoms with E-state index < -0.39 is 11.7 Å². The maximum atomic E-state index is 12.7. The molecule has 0 radical (unpaired) electrons. The number of rotatable bonds is 5. The molecule has 5 nitrogen and oxygen atoms in total. The molecular formula is C14H16F3N5. The Balaban J connectivity index is 2.15. The van der Waals surface area contributed by atoms with E-state index in [0.29, 0.717) is 11.8 Å². The Morgan fingerprint density at radius 2 is 2.05 bits per heavy atom. The molecule has 0 saturated heterocycles. The molecule has 1 aromatic carbocycles. The van der Waals surface area contributed by atoms with E-state index in [2.05, 4.69) is 25.8 Å². The van der Waals surface area contributed by atoms with E-state index in [1.54, 1.807) is 0 Å². The molecule has 1 heterocycles. The van der Waals surface area contributed by atoms with Crippen LogP contribution in [-0.2, 0) is 6.18 Å². The number of hydrogen-bond acceptors (Lipinski definition) is 5. The van der Waals surface area contributed by atoms with E-state index in [1.807, 2.05) is 13.8 Å². The summed E-state index contributed by atoms with van der Waals surface area (Å²) in [4.78, 5) is 4.17. The van der Waals surface area contributed by atoms with Gasteiger partial charge in [-0.05, 0) is 31.5 Å². The zero-order valence-corrected chi connectivity index (χ0v) is 12.1. The van der Waals surface area contributed by atoms with Crippen molar-refractivity contribution in [2.75, 3.05) is 10.6 Å². The van der Waals surface area contributed by atoms with Gasteiger partial charge in [0.2, 0.25) is 5.95 Å². The third-order valence-electron chi connectivity index (χ3n) is 3.01. The number of nitrogens with zero attached hydrogens (tertiary/aromatic N) is 3. The van der Waals surface area contributed by atoms with Gasteiger partial charge in [-0.15, -0.1) is 5.10 Å². The topological polar surface area (TPSA) is 62.7 Å². The van der Waals surface area contributed by atoms with E-state index in [9.17, 15) is 13.2 Å². The van der Waals surface area contributed by atoms with Gasteiger partial charge in [0.1, 0.15) is 0 Å². The van der Waals surface area contributed by atoms with Crippen molar-refractivity contribution < 1.29 is 13.2 Å². The second-order valence-electron chi connectivity index (χ2n) is 4.82. The standard InChI is InChI=1S/C14H16F3N5/c1-3-9(2)19-13-21-12(8-18-22-13)20-11-6-4-5-10(7-11)14(15,16)17/h4-9H,3H2,1-2H3,(H2,19,20,21,22). The fourth-order valence-electron chi connectivity index (χ4n) is 1.67. The molecule has 0 aliphatic heterocycles. The van der Waals surface area contributed by atoms with Gasteiger partial charge in [0.15, 0.2) is 5.82 Å². The molecule has 1 unspecified atom stereocenters. The highest BCUT2D eigenvalue weighted by Gasteiger charge is 2.30. The number of nitrogens with one attached hydrogen (secondary N) is 2. The number of aromatic nitrogens is 3. The van der Waals surface area contributed by atoms with Crippen molar-refractivity contribution in [3.63, 3.8) is 0 Å². The summed E-state index contributed by atoms with van der Waals surface area (Å²) in [5, 5.41) is 13.5. The van der Waals surface area contributed by atoms with Gasteiger partial charge in [-0.25, -0.2) is 0 Å². The van der Waals surface area contributed by atoms with Crippen molar-refractivity contribution in [1.29, 1.82) is 0 Å². The van der Waals surface area contributed by atoms with Gasteiger partial charge in [-0.2, -0.15) is 23.3 Å². The van der Waals surface area contributed by atoms with Gasteiger partial charge < -0.3 is 10.6 Å². The first-order valence-electron chi connectivity index (χ1n) is 6.79. The molecule has 2 aromatic rings.